The zero-order chi connectivity index (χ0) is 21.6. The Balaban J connectivity index is 1.52. The van der Waals surface area contributed by atoms with Crippen molar-refractivity contribution in [2.75, 3.05) is 6.54 Å². The molecule has 4 aromatic rings. The molecule has 3 aromatic carbocycles. The lowest BCUT2D eigenvalue weighted by atomic mass is 10.1. The van der Waals surface area contributed by atoms with Crippen molar-refractivity contribution in [3.63, 3.8) is 0 Å². The highest BCUT2D eigenvalue weighted by Crippen LogP contribution is 2.26. The number of benzene rings is 3. The van der Waals surface area contributed by atoms with Crippen molar-refractivity contribution in [1.82, 2.24) is 15.1 Å². The zero-order valence-electron chi connectivity index (χ0n) is 17.8. The van der Waals surface area contributed by atoms with E-state index >= 15 is 0 Å². The van der Waals surface area contributed by atoms with Gasteiger partial charge in [-0.2, -0.15) is 0 Å². The van der Waals surface area contributed by atoms with Crippen LogP contribution in [-0.4, -0.2) is 27.5 Å². The fraction of sp³-hybridized carbons (Fsp3) is 0.192. The van der Waals surface area contributed by atoms with Crippen LogP contribution in [0.1, 0.15) is 34.8 Å². The molecule has 0 aliphatic rings. The SMILES string of the molecule is CCCN(Cc1ccccc1)C(=O)c1ccc(-c2nnc(-c3ccccc3C)o2)cc1. The van der Waals surface area contributed by atoms with Gasteiger partial charge in [-0.15, -0.1) is 10.2 Å². The molecule has 0 saturated carbocycles. The van der Waals surface area contributed by atoms with Crippen LogP contribution in [0.25, 0.3) is 22.9 Å². The molecule has 0 bridgehead atoms. The van der Waals surface area contributed by atoms with Crippen LogP contribution in [0.2, 0.25) is 0 Å². The van der Waals surface area contributed by atoms with Gasteiger partial charge in [0, 0.05) is 29.8 Å². The second kappa shape index (κ2) is 9.39. The molecule has 0 N–H and O–H groups in total. The quantitative estimate of drug-likeness (QED) is 0.388. The maximum atomic E-state index is 13.1. The number of amides is 1. The first-order valence-corrected chi connectivity index (χ1v) is 10.5. The smallest absolute Gasteiger partial charge is 0.254 e. The van der Waals surface area contributed by atoms with Crippen molar-refractivity contribution in [3.8, 4) is 22.9 Å². The molecular formula is C26H25N3O2. The molecule has 156 valence electrons. The first-order chi connectivity index (χ1) is 15.2. The van der Waals surface area contributed by atoms with Crippen molar-refractivity contribution < 1.29 is 9.21 Å². The normalized spacial score (nSPS) is 10.8. The summed E-state index contributed by atoms with van der Waals surface area (Å²) in [4.78, 5) is 15.0. The Morgan fingerprint density at radius 1 is 0.871 bits per heavy atom. The summed E-state index contributed by atoms with van der Waals surface area (Å²) < 4.78 is 5.88. The summed E-state index contributed by atoms with van der Waals surface area (Å²) >= 11 is 0. The number of carbonyl (C=O) groups is 1. The third-order valence-corrected chi connectivity index (χ3v) is 5.18. The first kappa shape index (κ1) is 20.5. The Morgan fingerprint density at radius 3 is 2.26 bits per heavy atom. The van der Waals surface area contributed by atoms with Crippen molar-refractivity contribution in [1.29, 1.82) is 0 Å². The Morgan fingerprint density at radius 2 is 1.55 bits per heavy atom. The maximum absolute atomic E-state index is 13.1. The van der Waals surface area contributed by atoms with E-state index in [0.29, 0.717) is 30.4 Å². The molecule has 0 radical (unpaired) electrons. The molecule has 0 spiro atoms. The average molecular weight is 412 g/mol. The standard InChI is InChI=1S/C26H25N3O2/c1-3-17-29(18-20-10-5-4-6-11-20)26(30)22-15-13-21(14-16-22)24-27-28-25(31-24)23-12-8-7-9-19(23)2/h4-16H,3,17-18H2,1-2H3. The summed E-state index contributed by atoms with van der Waals surface area (Å²) in [6.45, 7) is 5.39. The van der Waals surface area contributed by atoms with Crippen LogP contribution >= 0.6 is 0 Å². The largest absolute Gasteiger partial charge is 0.416 e. The molecule has 0 aliphatic carbocycles. The van der Waals surface area contributed by atoms with Gasteiger partial charge in [-0.25, -0.2) is 0 Å². The third-order valence-electron chi connectivity index (χ3n) is 5.18. The summed E-state index contributed by atoms with van der Waals surface area (Å²) in [6, 6.07) is 25.3. The summed E-state index contributed by atoms with van der Waals surface area (Å²) in [5.74, 6) is 0.945. The second-order valence-corrected chi connectivity index (χ2v) is 7.52. The second-order valence-electron chi connectivity index (χ2n) is 7.52. The van der Waals surface area contributed by atoms with Crippen LogP contribution in [0.15, 0.2) is 83.3 Å². The van der Waals surface area contributed by atoms with Crippen LogP contribution in [0.3, 0.4) is 0 Å². The zero-order valence-corrected chi connectivity index (χ0v) is 17.8. The molecule has 5 heteroatoms. The molecular weight excluding hydrogens is 386 g/mol. The maximum Gasteiger partial charge on any atom is 0.254 e. The predicted octanol–water partition coefficient (Wildman–Crippen LogP) is 5.76. The highest BCUT2D eigenvalue weighted by molar-refractivity contribution is 5.94. The van der Waals surface area contributed by atoms with E-state index < -0.39 is 0 Å². The van der Waals surface area contributed by atoms with E-state index in [1.165, 1.54) is 0 Å². The monoisotopic (exact) mass is 411 g/mol. The van der Waals surface area contributed by atoms with Crippen molar-refractivity contribution >= 4 is 5.91 Å². The summed E-state index contributed by atoms with van der Waals surface area (Å²) in [5, 5.41) is 8.38. The molecule has 1 aromatic heterocycles. The van der Waals surface area contributed by atoms with Gasteiger partial charge in [0.2, 0.25) is 11.8 Å². The van der Waals surface area contributed by atoms with Crippen molar-refractivity contribution in [3.05, 3.63) is 95.6 Å². The first-order valence-electron chi connectivity index (χ1n) is 10.5. The Labute approximate surface area is 182 Å². The van der Waals surface area contributed by atoms with Gasteiger partial charge in [0.15, 0.2) is 0 Å². The van der Waals surface area contributed by atoms with Crippen molar-refractivity contribution in [2.45, 2.75) is 26.8 Å². The number of aromatic nitrogens is 2. The number of rotatable bonds is 7. The lowest BCUT2D eigenvalue weighted by molar-refractivity contribution is 0.0743. The number of hydrogen-bond donors (Lipinski definition) is 0. The summed E-state index contributed by atoms with van der Waals surface area (Å²) in [7, 11) is 0. The number of hydrogen-bond acceptors (Lipinski definition) is 4. The van der Waals surface area contributed by atoms with Crippen LogP contribution < -0.4 is 0 Å². The van der Waals surface area contributed by atoms with Gasteiger partial charge in [0.05, 0.1) is 0 Å². The molecule has 0 atom stereocenters. The van der Waals surface area contributed by atoms with E-state index in [2.05, 4.69) is 17.1 Å². The van der Waals surface area contributed by atoms with Gasteiger partial charge in [0.25, 0.3) is 5.91 Å². The predicted molar refractivity (Wildman–Crippen MR) is 121 cm³/mol. The van der Waals surface area contributed by atoms with E-state index in [9.17, 15) is 4.79 Å². The number of aryl methyl sites for hydroxylation is 1. The Kier molecular flexibility index (Phi) is 6.22. The fourth-order valence-corrected chi connectivity index (χ4v) is 3.53. The van der Waals surface area contributed by atoms with E-state index in [-0.39, 0.29) is 5.91 Å². The molecule has 0 fully saturated rings. The third kappa shape index (κ3) is 4.72. The highest BCUT2D eigenvalue weighted by atomic mass is 16.4. The van der Waals surface area contributed by atoms with Crippen molar-refractivity contribution in [2.24, 2.45) is 0 Å². The highest BCUT2D eigenvalue weighted by Gasteiger charge is 2.17. The lowest BCUT2D eigenvalue weighted by Gasteiger charge is -2.22. The van der Waals surface area contributed by atoms with E-state index in [1.807, 2.05) is 90.7 Å². The lowest BCUT2D eigenvalue weighted by Crippen LogP contribution is -2.31. The summed E-state index contributed by atoms with van der Waals surface area (Å²) in [6.07, 6.45) is 0.903. The van der Waals surface area contributed by atoms with E-state index in [1.54, 1.807) is 0 Å². The average Bonchev–Trinajstić information content (AvgIpc) is 3.29. The molecule has 4 rings (SSSR count). The van der Waals surface area contributed by atoms with Gasteiger partial charge in [-0.1, -0.05) is 55.5 Å². The minimum absolute atomic E-state index is 0.0170. The van der Waals surface area contributed by atoms with Gasteiger partial charge < -0.3 is 9.32 Å². The Hall–Kier alpha value is -3.73. The molecule has 1 heterocycles. The van der Waals surface area contributed by atoms with E-state index in [4.69, 9.17) is 4.42 Å². The van der Waals surface area contributed by atoms with E-state index in [0.717, 1.165) is 28.7 Å². The van der Waals surface area contributed by atoms with Gasteiger partial charge in [-0.3, -0.25) is 4.79 Å². The molecule has 5 nitrogen and oxygen atoms in total. The molecule has 0 aliphatic heterocycles. The Bertz CT molecular complexity index is 1150. The van der Waals surface area contributed by atoms with Crippen LogP contribution in [0.5, 0.6) is 0 Å². The van der Waals surface area contributed by atoms with Crippen LogP contribution in [0, 0.1) is 6.92 Å². The van der Waals surface area contributed by atoms with Crippen LogP contribution in [0.4, 0.5) is 0 Å². The minimum Gasteiger partial charge on any atom is -0.416 e. The fourth-order valence-electron chi connectivity index (χ4n) is 3.53. The number of nitrogens with zero attached hydrogens (tertiary/aromatic N) is 3. The molecule has 0 saturated heterocycles. The molecule has 1 amide bonds. The number of carbonyl (C=O) groups excluding carboxylic acids is 1. The topological polar surface area (TPSA) is 59.2 Å². The van der Waals surface area contributed by atoms with Gasteiger partial charge >= 0.3 is 0 Å². The van der Waals surface area contributed by atoms with Crippen LogP contribution in [-0.2, 0) is 6.54 Å². The van der Waals surface area contributed by atoms with Gasteiger partial charge in [-0.05, 0) is 54.8 Å². The summed E-state index contributed by atoms with van der Waals surface area (Å²) in [5.41, 5.74) is 4.55. The molecule has 31 heavy (non-hydrogen) atoms. The minimum atomic E-state index is 0.0170. The van der Waals surface area contributed by atoms with Gasteiger partial charge in [0.1, 0.15) is 0 Å². The molecule has 0 unspecified atom stereocenters.